The van der Waals surface area contributed by atoms with Crippen LogP contribution < -0.4 is 4.90 Å². The van der Waals surface area contributed by atoms with Crippen molar-refractivity contribution in [1.82, 2.24) is 14.9 Å². The van der Waals surface area contributed by atoms with E-state index < -0.39 is 0 Å². The van der Waals surface area contributed by atoms with Gasteiger partial charge in [-0.2, -0.15) is 0 Å². The number of amides is 1. The molecule has 5 heteroatoms. The molecule has 1 saturated heterocycles. The van der Waals surface area contributed by atoms with E-state index in [1.165, 1.54) is 0 Å². The molecule has 1 aliphatic carbocycles. The first kappa shape index (κ1) is 14.2. The zero-order valence-electron chi connectivity index (χ0n) is 13.1. The van der Waals surface area contributed by atoms with E-state index in [-0.39, 0.29) is 0 Å². The maximum absolute atomic E-state index is 12.2. The van der Waals surface area contributed by atoms with E-state index in [0.29, 0.717) is 11.8 Å². The van der Waals surface area contributed by atoms with Crippen LogP contribution in [0.25, 0.3) is 11.3 Å². The Labute approximate surface area is 136 Å². The zero-order chi connectivity index (χ0) is 15.6. The molecule has 0 radical (unpaired) electrons. The molecule has 2 aliphatic rings. The number of benzene rings is 1. The van der Waals surface area contributed by atoms with Crippen LogP contribution in [-0.4, -0.2) is 47.0 Å². The summed E-state index contributed by atoms with van der Waals surface area (Å²) in [6, 6.07) is 10.2. The zero-order valence-corrected chi connectivity index (χ0v) is 13.1. The molecule has 1 amide bonds. The molecule has 1 aliphatic heterocycles. The van der Waals surface area contributed by atoms with Crippen molar-refractivity contribution in [1.29, 1.82) is 0 Å². The lowest BCUT2D eigenvalue weighted by atomic mass is 10.1. The van der Waals surface area contributed by atoms with Crippen molar-refractivity contribution < 1.29 is 4.79 Å². The Morgan fingerprint density at radius 1 is 1.04 bits per heavy atom. The first-order chi connectivity index (χ1) is 11.3. The van der Waals surface area contributed by atoms with Gasteiger partial charge in [0.25, 0.3) is 0 Å². The van der Waals surface area contributed by atoms with Crippen molar-refractivity contribution in [3.63, 3.8) is 0 Å². The lowest BCUT2D eigenvalue weighted by Crippen LogP contribution is -2.49. The first-order valence-corrected chi connectivity index (χ1v) is 8.22. The minimum atomic E-state index is 0.307. The Bertz CT molecular complexity index is 691. The predicted octanol–water partition coefficient (Wildman–Crippen LogP) is 2.20. The number of hydrogen-bond acceptors (Lipinski definition) is 4. The largest absolute Gasteiger partial charge is 0.365 e. The highest BCUT2D eigenvalue weighted by molar-refractivity contribution is 5.81. The summed E-state index contributed by atoms with van der Waals surface area (Å²) < 4.78 is 0. The summed E-state index contributed by atoms with van der Waals surface area (Å²) in [6.07, 6.45) is 5.62. The van der Waals surface area contributed by atoms with Gasteiger partial charge in [0, 0.05) is 37.7 Å². The average Bonchev–Trinajstić information content (AvgIpc) is 3.47. The van der Waals surface area contributed by atoms with Crippen molar-refractivity contribution in [2.45, 2.75) is 12.8 Å². The Morgan fingerprint density at radius 2 is 1.78 bits per heavy atom. The van der Waals surface area contributed by atoms with Crippen LogP contribution in [-0.2, 0) is 4.79 Å². The molecule has 0 bridgehead atoms. The molecule has 1 aromatic carbocycles. The first-order valence-electron chi connectivity index (χ1n) is 8.22. The van der Waals surface area contributed by atoms with E-state index in [0.717, 1.165) is 56.0 Å². The highest BCUT2D eigenvalue weighted by Gasteiger charge is 2.34. The summed E-state index contributed by atoms with van der Waals surface area (Å²) in [5.41, 5.74) is 3.11. The van der Waals surface area contributed by atoms with Crippen molar-refractivity contribution >= 4 is 11.6 Å². The van der Waals surface area contributed by atoms with Gasteiger partial charge in [-0.3, -0.25) is 4.79 Å². The Hall–Kier alpha value is -2.43. The molecule has 5 nitrogen and oxygen atoms in total. The van der Waals surface area contributed by atoms with Crippen molar-refractivity contribution in [3.8, 4) is 11.3 Å². The molecule has 0 N–H and O–H groups in total. The van der Waals surface area contributed by atoms with Crippen LogP contribution in [0.4, 0.5) is 5.69 Å². The van der Waals surface area contributed by atoms with E-state index in [1.54, 1.807) is 6.33 Å². The standard InChI is InChI=1S/C18H20N4O/c23-18(15-6-7-15)22-10-8-21(9-11-22)16-12-19-13-20-17(16)14-4-2-1-3-5-14/h1-5,12-13,15H,6-11H2. The fourth-order valence-electron chi connectivity index (χ4n) is 3.13. The Balaban J connectivity index is 1.52. The van der Waals surface area contributed by atoms with Crippen LogP contribution in [0.5, 0.6) is 0 Å². The second kappa shape index (κ2) is 5.99. The number of aromatic nitrogens is 2. The van der Waals surface area contributed by atoms with Gasteiger partial charge in [-0.25, -0.2) is 9.97 Å². The van der Waals surface area contributed by atoms with Gasteiger partial charge in [-0.05, 0) is 12.8 Å². The van der Waals surface area contributed by atoms with E-state index in [9.17, 15) is 4.79 Å². The number of carbonyl (C=O) groups excluding carboxylic acids is 1. The van der Waals surface area contributed by atoms with Gasteiger partial charge in [-0.15, -0.1) is 0 Å². The molecule has 2 fully saturated rings. The minimum absolute atomic E-state index is 0.307. The lowest BCUT2D eigenvalue weighted by molar-refractivity contribution is -0.132. The van der Waals surface area contributed by atoms with Gasteiger partial charge in [0.15, 0.2) is 0 Å². The molecule has 0 atom stereocenters. The third-order valence-electron chi connectivity index (χ3n) is 4.60. The molecular weight excluding hydrogens is 288 g/mol. The SMILES string of the molecule is O=C(C1CC1)N1CCN(c2cncnc2-c2ccccc2)CC1. The van der Waals surface area contributed by atoms with Crippen LogP contribution in [0.1, 0.15) is 12.8 Å². The predicted molar refractivity (Wildman–Crippen MR) is 89.0 cm³/mol. The topological polar surface area (TPSA) is 49.3 Å². The third kappa shape index (κ3) is 2.91. The molecule has 4 rings (SSSR count). The highest BCUT2D eigenvalue weighted by Crippen LogP contribution is 2.32. The van der Waals surface area contributed by atoms with Crippen LogP contribution >= 0.6 is 0 Å². The quantitative estimate of drug-likeness (QED) is 0.872. The molecule has 2 aromatic rings. The number of rotatable bonds is 3. The smallest absolute Gasteiger partial charge is 0.225 e. The average molecular weight is 308 g/mol. The second-order valence-electron chi connectivity index (χ2n) is 6.21. The number of anilines is 1. The van der Waals surface area contributed by atoms with Crippen LogP contribution in [0.3, 0.4) is 0 Å². The Kier molecular flexibility index (Phi) is 3.69. The van der Waals surface area contributed by atoms with Gasteiger partial charge >= 0.3 is 0 Å². The van der Waals surface area contributed by atoms with Crippen molar-refractivity contribution in [2.75, 3.05) is 31.1 Å². The van der Waals surface area contributed by atoms with E-state index >= 15 is 0 Å². The number of carbonyl (C=O) groups is 1. The maximum atomic E-state index is 12.2. The Morgan fingerprint density at radius 3 is 2.48 bits per heavy atom. The van der Waals surface area contributed by atoms with Crippen LogP contribution in [0, 0.1) is 5.92 Å². The summed E-state index contributed by atoms with van der Waals surface area (Å²) in [5, 5.41) is 0. The summed E-state index contributed by atoms with van der Waals surface area (Å²) in [4.78, 5) is 25.2. The molecule has 2 heterocycles. The summed E-state index contributed by atoms with van der Waals surface area (Å²) in [5.74, 6) is 0.652. The fraction of sp³-hybridized carbons (Fsp3) is 0.389. The van der Waals surface area contributed by atoms with Gasteiger partial charge in [-0.1, -0.05) is 30.3 Å². The molecule has 1 saturated carbocycles. The molecule has 1 aromatic heterocycles. The van der Waals surface area contributed by atoms with Gasteiger partial charge in [0.1, 0.15) is 6.33 Å². The maximum Gasteiger partial charge on any atom is 0.225 e. The van der Waals surface area contributed by atoms with Crippen LogP contribution in [0.2, 0.25) is 0 Å². The van der Waals surface area contributed by atoms with Crippen molar-refractivity contribution in [3.05, 3.63) is 42.9 Å². The van der Waals surface area contributed by atoms with E-state index in [4.69, 9.17) is 0 Å². The fourth-order valence-corrected chi connectivity index (χ4v) is 3.13. The summed E-state index contributed by atoms with van der Waals surface area (Å²) in [7, 11) is 0. The molecule has 0 unspecified atom stereocenters. The number of piperazine rings is 1. The van der Waals surface area contributed by atoms with E-state index in [2.05, 4.69) is 27.0 Å². The van der Waals surface area contributed by atoms with Gasteiger partial charge in [0.05, 0.1) is 17.6 Å². The van der Waals surface area contributed by atoms with Crippen molar-refractivity contribution in [2.24, 2.45) is 5.92 Å². The number of hydrogen-bond donors (Lipinski definition) is 0. The molecule has 23 heavy (non-hydrogen) atoms. The van der Waals surface area contributed by atoms with Gasteiger partial charge in [0.2, 0.25) is 5.91 Å². The third-order valence-corrected chi connectivity index (χ3v) is 4.60. The minimum Gasteiger partial charge on any atom is -0.365 e. The van der Waals surface area contributed by atoms with Gasteiger partial charge < -0.3 is 9.80 Å². The summed E-state index contributed by atoms with van der Waals surface area (Å²) >= 11 is 0. The highest BCUT2D eigenvalue weighted by atomic mass is 16.2. The lowest BCUT2D eigenvalue weighted by Gasteiger charge is -2.36. The molecule has 118 valence electrons. The normalized spacial score (nSPS) is 18.1. The molecule has 0 spiro atoms. The number of nitrogens with zero attached hydrogens (tertiary/aromatic N) is 4. The monoisotopic (exact) mass is 308 g/mol. The summed E-state index contributed by atoms with van der Waals surface area (Å²) in [6.45, 7) is 3.26. The second-order valence-corrected chi connectivity index (χ2v) is 6.21. The molecular formula is C18H20N4O. The van der Waals surface area contributed by atoms with E-state index in [1.807, 2.05) is 29.3 Å². The van der Waals surface area contributed by atoms with Crippen LogP contribution in [0.15, 0.2) is 42.9 Å².